The Balaban J connectivity index is 1.69. The molecule has 0 spiro atoms. The highest BCUT2D eigenvalue weighted by Crippen LogP contribution is 2.35. The molecule has 0 bridgehead atoms. The van der Waals surface area contributed by atoms with E-state index in [4.69, 9.17) is 4.74 Å². The van der Waals surface area contributed by atoms with Crippen molar-refractivity contribution in [3.63, 3.8) is 0 Å². The van der Waals surface area contributed by atoms with E-state index in [2.05, 4.69) is 16.5 Å². The molecular weight excluding hydrogens is 345 g/mol. The van der Waals surface area contributed by atoms with Crippen LogP contribution in [0, 0.1) is 5.82 Å². The average Bonchev–Trinajstić information content (AvgIpc) is 3.12. The second-order valence-electron chi connectivity index (χ2n) is 7.52. The van der Waals surface area contributed by atoms with Gasteiger partial charge in [-0.1, -0.05) is 12.1 Å². The largest absolute Gasteiger partial charge is 0.378 e. The summed E-state index contributed by atoms with van der Waals surface area (Å²) in [4.78, 5) is 19.4. The summed E-state index contributed by atoms with van der Waals surface area (Å²) in [5.74, 6) is 0.691. The molecule has 1 fully saturated rings. The molecule has 0 unspecified atom stereocenters. The highest BCUT2D eigenvalue weighted by Gasteiger charge is 2.29. The summed E-state index contributed by atoms with van der Waals surface area (Å²) in [7, 11) is 0. The maximum absolute atomic E-state index is 13.9. The lowest BCUT2D eigenvalue weighted by Crippen LogP contribution is -2.41. The van der Waals surface area contributed by atoms with Crippen molar-refractivity contribution in [2.45, 2.75) is 44.6 Å². The summed E-state index contributed by atoms with van der Waals surface area (Å²) in [6, 6.07) is 6.96. The van der Waals surface area contributed by atoms with Crippen LogP contribution in [0.5, 0.6) is 0 Å². The fraction of sp³-hybridized carbons (Fsp3) is 0.524. The highest BCUT2D eigenvalue weighted by atomic mass is 19.1. The van der Waals surface area contributed by atoms with Crippen LogP contribution in [-0.4, -0.2) is 46.7 Å². The van der Waals surface area contributed by atoms with Gasteiger partial charge in [-0.2, -0.15) is 0 Å². The number of imidazole rings is 1. The number of hydrogen-bond acceptors (Lipinski definition) is 3. The number of benzene rings is 1. The number of ether oxygens (including phenoxy) is 1. The van der Waals surface area contributed by atoms with E-state index in [9.17, 15) is 9.18 Å². The standard InChI is InChI=1S/C21H26FN3O2/c1-15-4-2-7-20-23-14-19(25(15)20)18(16-5-3-6-17(22)12-16)13-21(26)24-8-10-27-11-9-24/h3,5-6,12,14-15,18H,2,4,7-11,13H2,1H3/t15-,18-/m1/s1. The van der Waals surface area contributed by atoms with E-state index >= 15 is 0 Å². The lowest BCUT2D eigenvalue weighted by molar-refractivity contribution is -0.135. The van der Waals surface area contributed by atoms with Gasteiger partial charge in [-0.25, -0.2) is 9.37 Å². The molecule has 0 saturated carbocycles. The molecule has 0 N–H and O–H groups in total. The van der Waals surface area contributed by atoms with Crippen molar-refractivity contribution in [2.75, 3.05) is 26.3 Å². The molecule has 1 aromatic carbocycles. The van der Waals surface area contributed by atoms with Gasteiger partial charge in [0, 0.05) is 49.8 Å². The van der Waals surface area contributed by atoms with Crippen LogP contribution in [0.4, 0.5) is 4.39 Å². The van der Waals surface area contributed by atoms with Crippen LogP contribution in [0.15, 0.2) is 30.5 Å². The summed E-state index contributed by atoms with van der Waals surface area (Å²) in [5, 5.41) is 0. The van der Waals surface area contributed by atoms with E-state index in [0.29, 0.717) is 38.8 Å². The Bertz CT molecular complexity index is 814. The average molecular weight is 371 g/mol. The first-order valence-electron chi connectivity index (χ1n) is 9.80. The van der Waals surface area contributed by atoms with Crippen molar-refractivity contribution in [3.05, 3.63) is 53.4 Å². The molecule has 2 atom stereocenters. The van der Waals surface area contributed by atoms with Gasteiger partial charge in [-0.15, -0.1) is 0 Å². The van der Waals surface area contributed by atoms with Crippen LogP contribution in [0.1, 0.15) is 55.2 Å². The van der Waals surface area contributed by atoms with Gasteiger partial charge in [0.05, 0.1) is 13.2 Å². The number of nitrogens with zero attached hydrogens (tertiary/aromatic N) is 3. The van der Waals surface area contributed by atoms with E-state index < -0.39 is 0 Å². The highest BCUT2D eigenvalue weighted by molar-refractivity contribution is 5.77. The van der Waals surface area contributed by atoms with Crippen LogP contribution in [0.2, 0.25) is 0 Å². The van der Waals surface area contributed by atoms with E-state index in [1.807, 2.05) is 17.2 Å². The number of rotatable bonds is 4. The van der Waals surface area contributed by atoms with E-state index in [0.717, 1.165) is 36.3 Å². The Morgan fingerprint density at radius 1 is 1.37 bits per heavy atom. The van der Waals surface area contributed by atoms with Gasteiger partial charge in [-0.3, -0.25) is 4.79 Å². The zero-order valence-corrected chi connectivity index (χ0v) is 15.7. The lowest BCUT2D eigenvalue weighted by atomic mass is 9.91. The van der Waals surface area contributed by atoms with Crippen molar-refractivity contribution in [2.24, 2.45) is 0 Å². The SMILES string of the molecule is C[C@@H]1CCCc2ncc([C@H](CC(=O)N3CCOCC3)c3cccc(F)c3)n21. The monoisotopic (exact) mass is 371 g/mol. The molecule has 6 heteroatoms. The molecule has 5 nitrogen and oxygen atoms in total. The van der Waals surface area contributed by atoms with Crippen molar-refractivity contribution >= 4 is 5.91 Å². The number of aryl methyl sites for hydroxylation is 1. The third kappa shape index (κ3) is 3.76. The van der Waals surface area contributed by atoms with Crippen molar-refractivity contribution in [1.29, 1.82) is 0 Å². The van der Waals surface area contributed by atoms with Crippen LogP contribution in [0.3, 0.4) is 0 Å². The predicted octanol–water partition coefficient (Wildman–Crippen LogP) is 3.30. The number of aromatic nitrogens is 2. The molecule has 2 aliphatic rings. The minimum Gasteiger partial charge on any atom is -0.378 e. The fourth-order valence-corrected chi connectivity index (χ4v) is 4.28. The lowest BCUT2D eigenvalue weighted by Gasteiger charge is -2.30. The maximum atomic E-state index is 13.9. The van der Waals surface area contributed by atoms with Crippen molar-refractivity contribution < 1.29 is 13.9 Å². The second-order valence-corrected chi connectivity index (χ2v) is 7.52. The molecule has 2 aromatic rings. The number of carbonyl (C=O) groups is 1. The minimum absolute atomic E-state index is 0.0894. The first-order chi connectivity index (χ1) is 13.1. The fourth-order valence-electron chi connectivity index (χ4n) is 4.28. The van der Waals surface area contributed by atoms with Gasteiger partial charge in [0.2, 0.25) is 5.91 Å². The van der Waals surface area contributed by atoms with Gasteiger partial charge in [-0.05, 0) is 37.5 Å². The summed E-state index contributed by atoms with van der Waals surface area (Å²) >= 11 is 0. The van der Waals surface area contributed by atoms with Crippen molar-refractivity contribution in [1.82, 2.24) is 14.5 Å². The molecule has 4 rings (SSSR count). The summed E-state index contributed by atoms with van der Waals surface area (Å²) in [5.41, 5.74) is 1.85. The first-order valence-corrected chi connectivity index (χ1v) is 9.80. The number of morpholine rings is 1. The quantitative estimate of drug-likeness (QED) is 0.829. The van der Waals surface area contributed by atoms with Gasteiger partial charge in [0.15, 0.2) is 0 Å². The molecular formula is C21H26FN3O2. The van der Waals surface area contributed by atoms with E-state index in [1.54, 1.807) is 12.1 Å². The second kappa shape index (κ2) is 7.80. The molecule has 0 aliphatic carbocycles. The number of carbonyl (C=O) groups excluding carboxylic acids is 1. The Morgan fingerprint density at radius 3 is 2.96 bits per heavy atom. The smallest absolute Gasteiger partial charge is 0.223 e. The van der Waals surface area contributed by atoms with Crippen LogP contribution in [0.25, 0.3) is 0 Å². The topological polar surface area (TPSA) is 47.4 Å². The number of amides is 1. The van der Waals surface area contributed by atoms with Crippen LogP contribution >= 0.6 is 0 Å². The Labute approximate surface area is 159 Å². The van der Waals surface area contributed by atoms with E-state index in [1.165, 1.54) is 6.07 Å². The Hall–Kier alpha value is -2.21. The van der Waals surface area contributed by atoms with Gasteiger partial charge >= 0.3 is 0 Å². The number of fused-ring (bicyclic) bond motifs is 1. The molecule has 0 radical (unpaired) electrons. The summed E-state index contributed by atoms with van der Waals surface area (Å²) in [6.45, 7) is 4.59. The molecule has 1 aromatic heterocycles. The predicted molar refractivity (Wildman–Crippen MR) is 100 cm³/mol. The van der Waals surface area contributed by atoms with E-state index in [-0.39, 0.29) is 17.6 Å². The molecule has 3 heterocycles. The molecule has 2 aliphatic heterocycles. The Kier molecular flexibility index (Phi) is 5.25. The molecule has 27 heavy (non-hydrogen) atoms. The molecule has 144 valence electrons. The Morgan fingerprint density at radius 2 is 2.19 bits per heavy atom. The number of halogens is 1. The third-order valence-corrected chi connectivity index (χ3v) is 5.72. The van der Waals surface area contributed by atoms with Gasteiger partial charge in [0.1, 0.15) is 11.6 Å². The van der Waals surface area contributed by atoms with Gasteiger partial charge in [0.25, 0.3) is 0 Å². The van der Waals surface area contributed by atoms with Gasteiger partial charge < -0.3 is 14.2 Å². The third-order valence-electron chi connectivity index (χ3n) is 5.72. The normalized spacial score (nSPS) is 21.0. The number of hydrogen-bond donors (Lipinski definition) is 0. The molecule has 1 amide bonds. The van der Waals surface area contributed by atoms with Crippen LogP contribution in [-0.2, 0) is 16.0 Å². The molecule has 1 saturated heterocycles. The summed E-state index contributed by atoms with van der Waals surface area (Å²) < 4.78 is 21.6. The van der Waals surface area contributed by atoms with Crippen molar-refractivity contribution in [3.8, 4) is 0 Å². The maximum Gasteiger partial charge on any atom is 0.223 e. The van der Waals surface area contributed by atoms with Crippen LogP contribution < -0.4 is 0 Å². The first kappa shape index (κ1) is 18.2. The summed E-state index contributed by atoms with van der Waals surface area (Å²) in [6.07, 6.45) is 5.40. The zero-order valence-electron chi connectivity index (χ0n) is 15.7. The minimum atomic E-state index is -0.275. The zero-order chi connectivity index (χ0) is 18.8.